The quantitative estimate of drug-likeness (QED) is 0.727. The first kappa shape index (κ1) is 20.3. The Labute approximate surface area is 178 Å². The monoisotopic (exact) mass is 409 g/mol. The number of carbonyl (C=O) groups is 1. The fourth-order valence-electron chi connectivity index (χ4n) is 4.18. The van der Waals surface area contributed by atoms with E-state index in [1.165, 1.54) is 45.5 Å². The summed E-state index contributed by atoms with van der Waals surface area (Å²) in [7, 11) is 3.89. The molecule has 1 aliphatic carbocycles. The van der Waals surface area contributed by atoms with E-state index in [1.54, 1.807) is 0 Å². The third-order valence-electron chi connectivity index (χ3n) is 5.91. The summed E-state index contributed by atoms with van der Waals surface area (Å²) in [5, 5.41) is 5.17. The Balaban J connectivity index is 1.48. The van der Waals surface area contributed by atoms with E-state index in [0.717, 1.165) is 31.8 Å². The standard InChI is InChI=1S/C24H31N3OS/c1-4-6-22-20(15-17-9-10-17)19-7-5-8-21(24(19)29-22)25-18-11-13-27(14-12-18)23(28)16-26(2)3/h5,7-8,17-18,25H,9-16H2,1-3H3. The SMILES string of the molecule is CC#Cc1sc2c(NC3CCN(C(=O)CN(C)C)CC3)cccc2c1CC1CC1. The van der Waals surface area contributed by atoms with Crippen molar-refractivity contribution in [2.45, 2.75) is 45.1 Å². The van der Waals surface area contributed by atoms with Gasteiger partial charge in [0.2, 0.25) is 5.91 Å². The van der Waals surface area contributed by atoms with Crippen LogP contribution in [0.4, 0.5) is 5.69 Å². The topological polar surface area (TPSA) is 35.6 Å². The van der Waals surface area contributed by atoms with Gasteiger partial charge in [0.05, 0.1) is 21.8 Å². The minimum absolute atomic E-state index is 0.237. The molecule has 0 atom stereocenters. The summed E-state index contributed by atoms with van der Waals surface area (Å²) < 4.78 is 1.34. The first-order chi connectivity index (χ1) is 14.0. The minimum Gasteiger partial charge on any atom is -0.381 e. The van der Waals surface area contributed by atoms with Gasteiger partial charge in [0.25, 0.3) is 0 Å². The molecule has 1 aromatic heterocycles. The smallest absolute Gasteiger partial charge is 0.236 e. The van der Waals surface area contributed by atoms with E-state index in [9.17, 15) is 4.79 Å². The van der Waals surface area contributed by atoms with Gasteiger partial charge >= 0.3 is 0 Å². The number of rotatable bonds is 6. The number of nitrogens with one attached hydrogen (secondary N) is 1. The van der Waals surface area contributed by atoms with Crippen molar-refractivity contribution < 1.29 is 4.79 Å². The third-order valence-corrected chi connectivity index (χ3v) is 7.10. The summed E-state index contributed by atoms with van der Waals surface area (Å²) in [5.74, 6) is 7.55. The van der Waals surface area contributed by atoms with Crippen LogP contribution in [0.25, 0.3) is 10.1 Å². The molecule has 1 saturated carbocycles. The van der Waals surface area contributed by atoms with Crippen LogP contribution in [0.3, 0.4) is 0 Å². The van der Waals surface area contributed by atoms with Gasteiger partial charge in [-0.05, 0) is 76.1 Å². The molecule has 2 fully saturated rings. The Bertz CT molecular complexity index is 940. The van der Waals surface area contributed by atoms with Gasteiger partial charge in [0.15, 0.2) is 0 Å². The number of piperidine rings is 1. The van der Waals surface area contributed by atoms with Gasteiger partial charge in [-0.3, -0.25) is 4.79 Å². The largest absolute Gasteiger partial charge is 0.381 e. The highest BCUT2D eigenvalue weighted by Crippen LogP contribution is 2.41. The zero-order valence-corrected chi connectivity index (χ0v) is 18.6. The highest BCUT2D eigenvalue weighted by Gasteiger charge is 2.26. The van der Waals surface area contributed by atoms with Crippen molar-refractivity contribution in [1.82, 2.24) is 9.80 Å². The molecule has 5 heteroatoms. The maximum atomic E-state index is 12.3. The fraction of sp³-hybridized carbons (Fsp3) is 0.542. The van der Waals surface area contributed by atoms with Gasteiger partial charge in [-0.2, -0.15) is 0 Å². The second-order valence-corrected chi connectivity index (χ2v) is 9.67. The van der Waals surface area contributed by atoms with Crippen LogP contribution in [-0.2, 0) is 11.2 Å². The second-order valence-electron chi connectivity index (χ2n) is 8.65. The van der Waals surface area contributed by atoms with Gasteiger partial charge < -0.3 is 15.1 Å². The molecule has 1 aliphatic heterocycles. The van der Waals surface area contributed by atoms with Crippen molar-refractivity contribution >= 4 is 33.0 Å². The van der Waals surface area contributed by atoms with Crippen LogP contribution in [0.1, 0.15) is 43.0 Å². The summed E-state index contributed by atoms with van der Waals surface area (Å²) in [5.41, 5.74) is 2.68. The first-order valence-corrected chi connectivity index (χ1v) is 11.5. The number of thiophene rings is 1. The molecule has 0 bridgehead atoms. The summed E-state index contributed by atoms with van der Waals surface area (Å²) in [6, 6.07) is 7.05. The number of benzene rings is 1. The van der Waals surface area contributed by atoms with Crippen molar-refractivity contribution in [2.24, 2.45) is 5.92 Å². The lowest BCUT2D eigenvalue weighted by molar-refractivity contribution is -0.132. The van der Waals surface area contributed by atoms with E-state index < -0.39 is 0 Å². The molecule has 1 amide bonds. The highest BCUT2D eigenvalue weighted by atomic mass is 32.1. The molecule has 0 spiro atoms. The number of likely N-dealkylation sites (tertiary alicyclic amines) is 1. The molecular weight excluding hydrogens is 378 g/mol. The number of hydrogen-bond acceptors (Lipinski definition) is 4. The number of anilines is 1. The molecule has 0 radical (unpaired) electrons. The second kappa shape index (κ2) is 8.77. The molecule has 2 aromatic rings. The van der Waals surface area contributed by atoms with Crippen LogP contribution in [0.15, 0.2) is 18.2 Å². The lowest BCUT2D eigenvalue weighted by atomic mass is 10.0. The number of carbonyl (C=O) groups excluding carboxylic acids is 1. The average molecular weight is 410 g/mol. The number of fused-ring (bicyclic) bond motifs is 1. The zero-order chi connectivity index (χ0) is 20.4. The van der Waals surface area contributed by atoms with E-state index in [4.69, 9.17) is 0 Å². The van der Waals surface area contributed by atoms with Crippen LogP contribution >= 0.6 is 11.3 Å². The van der Waals surface area contributed by atoms with E-state index in [2.05, 4.69) is 35.4 Å². The van der Waals surface area contributed by atoms with E-state index >= 15 is 0 Å². The van der Waals surface area contributed by atoms with Crippen molar-refractivity contribution in [3.05, 3.63) is 28.6 Å². The Morgan fingerprint density at radius 2 is 2.00 bits per heavy atom. The van der Waals surface area contributed by atoms with Crippen molar-refractivity contribution in [2.75, 3.05) is 39.0 Å². The lowest BCUT2D eigenvalue weighted by Gasteiger charge is -2.33. The fourth-order valence-corrected chi connectivity index (χ4v) is 5.39. The van der Waals surface area contributed by atoms with E-state index in [1.807, 2.05) is 42.2 Å². The number of amides is 1. The summed E-state index contributed by atoms with van der Waals surface area (Å²) >= 11 is 1.84. The van der Waals surface area contributed by atoms with Crippen LogP contribution in [-0.4, -0.2) is 55.5 Å². The number of nitrogens with zero attached hydrogens (tertiary/aromatic N) is 2. The Kier molecular flexibility index (Phi) is 6.12. The Morgan fingerprint density at radius 1 is 1.24 bits per heavy atom. The zero-order valence-electron chi connectivity index (χ0n) is 17.8. The molecule has 1 N–H and O–H groups in total. The third kappa shape index (κ3) is 4.76. The Hall–Kier alpha value is -2.03. The van der Waals surface area contributed by atoms with Crippen molar-refractivity contribution in [1.29, 1.82) is 0 Å². The van der Waals surface area contributed by atoms with E-state index in [-0.39, 0.29) is 5.91 Å². The van der Waals surface area contributed by atoms with Gasteiger partial charge in [-0.1, -0.05) is 18.1 Å². The van der Waals surface area contributed by atoms with Crippen molar-refractivity contribution in [3.8, 4) is 11.8 Å². The maximum absolute atomic E-state index is 12.3. The number of hydrogen-bond donors (Lipinski definition) is 1. The molecule has 29 heavy (non-hydrogen) atoms. The van der Waals surface area contributed by atoms with Crippen LogP contribution in [0.2, 0.25) is 0 Å². The van der Waals surface area contributed by atoms with Gasteiger partial charge in [-0.15, -0.1) is 17.3 Å². The van der Waals surface area contributed by atoms with Crippen LogP contribution in [0, 0.1) is 17.8 Å². The highest BCUT2D eigenvalue weighted by molar-refractivity contribution is 7.20. The molecule has 1 aromatic carbocycles. The number of likely N-dealkylation sites (N-methyl/N-ethyl adjacent to an activating group) is 1. The molecular formula is C24H31N3OS. The molecule has 2 heterocycles. The average Bonchev–Trinajstić information content (AvgIpc) is 3.45. The summed E-state index contributed by atoms with van der Waals surface area (Å²) in [6.07, 6.45) is 5.88. The molecule has 2 aliphatic rings. The molecule has 4 nitrogen and oxygen atoms in total. The molecule has 1 saturated heterocycles. The van der Waals surface area contributed by atoms with Crippen LogP contribution in [0.5, 0.6) is 0 Å². The molecule has 154 valence electrons. The predicted octanol–water partition coefficient (Wildman–Crippen LogP) is 4.19. The summed E-state index contributed by atoms with van der Waals surface area (Å²) in [4.78, 5) is 17.5. The van der Waals surface area contributed by atoms with Gasteiger partial charge in [0, 0.05) is 19.1 Å². The molecule has 4 rings (SSSR count). The van der Waals surface area contributed by atoms with E-state index in [0.29, 0.717) is 12.6 Å². The first-order valence-electron chi connectivity index (χ1n) is 10.7. The normalized spacial score (nSPS) is 17.4. The molecule has 0 unspecified atom stereocenters. The van der Waals surface area contributed by atoms with Crippen LogP contribution < -0.4 is 5.32 Å². The lowest BCUT2D eigenvalue weighted by Crippen LogP contribution is -2.45. The summed E-state index contributed by atoms with van der Waals surface area (Å²) in [6.45, 7) is 4.10. The van der Waals surface area contributed by atoms with Crippen molar-refractivity contribution in [3.63, 3.8) is 0 Å². The Morgan fingerprint density at radius 3 is 2.66 bits per heavy atom. The van der Waals surface area contributed by atoms with Gasteiger partial charge in [0.1, 0.15) is 0 Å². The van der Waals surface area contributed by atoms with Gasteiger partial charge in [-0.25, -0.2) is 0 Å². The maximum Gasteiger partial charge on any atom is 0.236 e. The predicted molar refractivity (Wildman–Crippen MR) is 123 cm³/mol. The minimum atomic E-state index is 0.237.